The van der Waals surface area contributed by atoms with Crippen LogP contribution in [0.15, 0.2) is 11.6 Å². The Morgan fingerprint density at radius 3 is 2.86 bits per heavy atom. The summed E-state index contributed by atoms with van der Waals surface area (Å²) < 4.78 is 1.75. The minimum Gasteiger partial charge on any atom is -0.344 e. The van der Waals surface area contributed by atoms with Crippen LogP contribution >= 0.6 is 0 Å². The quantitative estimate of drug-likeness (QED) is 0.870. The molecule has 22 heavy (non-hydrogen) atoms. The minimum atomic E-state index is -0.162. The Hall–Kier alpha value is -1.91. The number of hydrogen-bond donors (Lipinski definition) is 1. The van der Waals surface area contributed by atoms with Gasteiger partial charge in [0.2, 0.25) is 0 Å². The van der Waals surface area contributed by atoms with Gasteiger partial charge < -0.3 is 5.32 Å². The Kier molecular flexibility index (Phi) is 4.14. The van der Waals surface area contributed by atoms with E-state index in [0.29, 0.717) is 25.0 Å². The molecule has 2 aliphatic carbocycles. The van der Waals surface area contributed by atoms with Crippen molar-refractivity contribution in [3.8, 4) is 0 Å². The van der Waals surface area contributed by atoms with Gasteiger partial charge in [0.25, 0.3) is 5.91 Å². The molecule has 0 fully saturated rings. The fourth-order valence-corrected chi connectivity index (χ4v) is 3.44. The Morgan fingerprint density at radius 2 is 2.14 bits per heavy atom. The summed E-state index contributed by atoms with van der Waals surface area (Å²) >= 11 is 0. The highest BCUT2D eigenvalue weighted by atomic mass is 16.2. The number of hydrogen-bond acceptors (Lipinski definition) is 3. The van der Waals surface area contributed by atoms with Gasteiger partial charge in [-0.1, -0.05) is 11.6 Å². The lowest BCUT2D eigenvalue weighted by molar-refractivity contribution is -0.118. The van der Waals surface area contributed by atoms with Crippen molar-refractivity contribution < 1.29 is 9.59 Å². The zero-order valence-electron chi connectivity index (χ0n) is 13.3. The second-order valence-electron chi connectivity index (χ2n) is 6.33. The third kappa shape index (κ3) is 2.85. The summed E-state index contributed by atoms with van der Waals surface area (Å²) in [4.78, 5) is 24.3. The molecule has 5 heteroatoms. The maximum Gasteiger partial charge on any atom is 0.272 e. The molecule has 1 heterocycles. The lowest BCUT2D eigenvalue weighted by Crippen LogP contribution is -2.35. The van der Waals surface area contributed by atoms with Crippen molar-refractivity contribution in [2.24, 2.45) is 7.05 Å². The first kappa shape index (κ1) is 15.0. The molecule has 1 aromatic rings. The van der Waals surface area contributed by atoms with Gasteiger partial charge in [0.15, 0.2) is 5.69 Å². The van der Waals surface area contributed by atoms with Crippen molar-refractivity contribution in [3.05, 3.63) is 28.6 Å². The van der Waals surface area contributed by atoms with Crippen molar-refractivity contribution in [2.75, 3.05) is 0 Å². The number of nitrogens with zero attached hydrogens (tertiary/aromatic N) is 2. The molecule has 0 saturated heterocycles. The second kappa shape index (κ2) is 6.07. The number of carbonyl (C=O) groups excluding carboxylic acids is 2. The van der Waals surface area contributed by atoms with Crippen molar-refractivity contribution >= 4 is 11.7 Å². The Morgan fingerprint density at radius 1 is 1.32 bits per heavy atom. The van der Waals surface area contributed by atoms with Gasteiger partial charge >= 0.3 is 0 Å². The molecule has 3 rings (SSSR count). The molecular formula is C17H23N3O2. The van der Waals surface area contributed by atoms with Gasteiger partial charge in [-0.05, 0) is 39.0 Å². The molecule has 118 valence electrons. The number of carbonyl (C=O) groups is 2. The second-order valence-corrected chi connectivity index (χ2v) is 6.33. The number of allylic oxidation sites excluding steroid dienone is 1. The summed E-state index contributed by atoms with van der Waals surface area (Å²) in [7, 11) is 1.85. The van der Waals surface area contributed by atoms with Crippen LogP contribution in [0.2, 0.25) is 0 Å². The van der Waals surface area contributed by atoms with Crippen LogP contribution in [0.3, 0.4) is 0 Å². The zero-order valence-corrected chi connectivity index (χ0v) is 13.3. The van der Waals surface area contributed by atoms with Crippen LogP contribution in [0.1, 0.15) is 60.8 Å². The number of ketones is 1. The highest BCUT2D eigenvalue weighted by Crippen LogP contribution is 2.23. The normalized spacial score (nSPS) is 19.4. The first-order chi connectivity index (χ1) is 10.6. The summed E-state index contributed by atoms with van der Waals surface area (Å²) in [6.07, 6.45) is 8.40. The van der Waals surface area contributed by atoms with E-state index in [1.54, 1.807) is 4.68 Å². The van der Waals surface area contributed by atoms with Crippen molar-refractivity contribution in [2.45, 2.75) is 57.9 Å². The Bertz CT molecular complexity index is 643. The maximum atomic E-state index is 12.6. The molecular weight excluding hydrogens is 278 g/mol. The molecule has 1 atom stereocenters. The third-order valence-electron chi connectivity index (χ3n) is 4.73. The number of aryl methyl sites for hydroxylation is 1. The molecule has 1 N–H and O–H groups in total. The Labute approximate surface area is 130 Å². The van der Waals surface area contributed by atoms with Crippen LogP contribution in [0, 0.1) is 0 Å². The zero-order chi connectivity index (χ0) is 15.7. The fourth-order valence-electron chi connectivity index (χ4n) is 3.44. The van der Waals surface area contributed by atoms with Gasteiger partial charge in [-0.15, -0.1) is 0 Å². The average molecular weight is 301 g/mol. The topological polar surface area (TPSA) is 64.0 Å². The SMILES string of the molecule is C[C@H](NC(=O)c1nn(C)c2c1CC(=O)CC2)C1=CCCCC1. The highest BCUT2D eigenvalue weighted by Gasteiger charge is 2.28. The lowest BCUT2D eigenvalue weighted by atomic mass is 9.93. The summed E-state index contributed by atoms with van der Waals surface area (Å²) in [5.41, 5.74) is 3.57. The maximum absolute atomic E-state index is 12.6. The van der Waals surface area contributed by atoms with E-state index >= 15 is 0 Å². The Balaban J connectivity index is 1.78. The lowest BCUT2D eigenvalue weighted by Gasteiger charge is -2.20. The molecule has 0 radical (unpaired) electrons. The predicted molar refractivity (Wildman–Crippen MR) is 83.7 cm³/mol. The largest absolute Gasteiger partial charge is 0.344 e. The van der Waals surface area contributed by atoms with Crippen molar-refractivity contribution in [1.82, 2.24) is 15.1 Å². The molecule has 0 bridgehead atoms. The minimum absolute atomic E-state index is 0.0322. The summed E-state index contributed by atoms with van der Waals surface area (Å²) in [5.74, 6) is 0.0307. The summed E-state index contributed by atoms with van der Waals surface area (Å²) in [6, 6.07) is 0.0322. The predicted octanol–water partition coefficient (Wildman–Crippen LogP) is 2.10. The van der Waals surface area contributed by atoms with E-state index in [1.165, 1.54) is 18.4 Å². The molecule has 0 aromatic carbocycles. The van der Waals surface area contributed by atoms with Crippen LogP contribution in [-0.2, 0) is 24.7 Å². The summed E-state index contributed by atoms with van der Waals surface area (Å²) in [6.45, 7) is 2.02. The first-order valence-electron chi connectivity index (χ1n) is 8.12. The van der Waals surface area contributed by atoms with Gasteiger partial charge in [-0.25, -0.2) is 0 Å². The van der Waals surface area contributed by atoms with E-state index in [4.69, 9.17) is 0 Å². The van der Waals surface area contributed by atoms with E-state index < -0.39 is 0 Å². The van der Waals surface area contributed by atoms with Gasteiger partial charge in [0.1, 0.15) is 5.78 Å². The van der Waals surface area contributed by atoms with Crippen LogP contribution in [0.25, 0.3) is 0 Å². The van der Waals surface area contributed by atoms with Gasteiger partial charge in [-0.3, -0.25) is 14.3 Å². The molecule has 0 unspecified atom stereocenters. The van der Waals surface area contributed by atoms with Crippen molar-refractivity contribution in [3.63, 3.8) is 0 Å². The van der Waals surface area contributed by atoms with E-state index in [1.807, 2.05) is 14.0 Å². The smallest absolute Gasteiger partial charge is 0.272 e. The number of fused-ring (bicyclic) bond motifs is 1. The number of nitrogens with one attached hydrogen (secondary N) is 1. The number of amides is 1. The number of aromatic nitrogens is 2. The van der Waals surface area contributed by atoms with Crippen LogP contribution in [0.5, 0.6) is 0 Å². The number of Topliss-reactive ketones (excluding diaryl/α,β-unsaturated/α-hetero) is 1. The molecule has 5 nitrogen and oxygen atoms in total. The van der Waals surface area contributed by atoms with Crippen LogP contribution in [0.4, 0.5) is 0 Å². The fraction of sp³-hybridized carbons (Fsp3) is 0.588. The van der Waals surface area contributed by atoms with E-state index in [2.05, 4.69) is 16.5 Å². The van der Waals surface area contributed by atoms with E-state index in [0.717, 1.165) is 24.1 Å². The number of rotatable bonds is 3. The average Bonchev–Trinajstić information content (AvgIpc) is 2.84. The molecule has 0 spiro atoms. The van der Waals surface area contributed by atoms with Gasteiger partial charge in [0, 0.05) is 37.2 Å². The highest BCUT2D eigenvalue weighted by molar-refractivity contribution is 5.96. The standard InChI is InChI=1S/C17H23N3O2/c1-11(12-6-4-3-5-7-12)18-17(22)16-14-10-13(21)8-9-15(14)20(2)19-16/h6,11H,3-5,7-10H2,1-2H3,(H,18,22)/t11-/m0/s1. The summed E-state index contributed by atoms with van der Waals surface area (Å²) in [5, 5.41) is 7.41. The van der Waals surface area contributed by atoms with Gasteiger partial charge in [0.05, 0.1) is 0 Å². The van der Waals surface area contributed by atoms with E-state index in [9.17, 15) is 9.59 Å². The van der Waals surface area contributed by atoms with Crippen LogP contribution < -0.4 is 5.32 Å². The van der Waals surface area contributed by atoms with Gasteiger partial charge in [-0.2, -0.15) is 5.10 Å². The van der Waals surface area contributed by atoms with E-state index in [-0.39, 0.29) is 17.7 Å². The first-order valence-corrected chi connectivity index (χ1v) is 8.12. The monoisotopic (exact) mass is 301 g/mol. The molecule has 1 aromatic heterocycles. The molecule has 1 amide bonds. The third-order valence-corrected chi connectivity index (χ3v) is 4.73. The van der Waals surface area contributed by atoms with Crippen LogP contribution in [-0.4, -0.2) is 27.5 Å². The molecule has 2 aliphatic rings. The van der Waals surface area contributed by atoms with Crippen molar-refractivity contribution in [1.29, 1.82) is 0 Å². The molecule has 0 aliphatic heterocycles. The molecule has 0 saturated carbocycles.